The number of halogens is 1. The van der Waals surface area contributed by atoms with Crippen LogP contribution in [0.1, 0.15) is 24.6 Å². The molecule has 2 aromatic heterocycles. The summed E-state index contributed by atoms with van der Waals surface area (Å²) in [6, 6.07) is 17.7. The molecule has 9 nitrogen and oxygen atoms in total. The standard InChI is InChI=1S/C27H26FN5O4/c1-27(25(34)29-2)15-36-24(37-16-27)23-32-21(18-8-10-19(28)11-9-18)22(33-23)20-12-13-30-26(31-20)35-14-17-6-4-3-5-7-17/h3-13,24H,14-16H2,1-2H3,(H,29,34)(H,32,33). The number of hydrogen-bond acceptors (Lipinski definition) is 7. The third kappa shape index (κ3) is 5.35. The van der Waals surface area contributed by atoms with Crippen molar-refractivity contribution in [1.29, 1.82) is 0 Å². The summed E-state index contributed by atoms with van der Waals surface area (Å²) in [4.78, 5) is 29.0. The molecule has 5 rings (SSSR count). The van der Waals surface area contributed by atoms with Gasteiger partial charge in [0.15, 0.2) is 5.82 Å². The van der Waals surface area contributed by atoms with E-state index in [1.807, 2.05) is 30.3 Å². The minimum Gasteiger partial charge on any atom is -0.459 e. The number of imidazole rings is 1. The zero-order valence-electron chi connectivity index (χ0n) is 20.4. The highest BCUT2D eigenvalue weighted by molar-refractivity contribution is 5.82. The Morgan fingerprint density at radius 2 is 1.84 bits per heavy atom. The average molecular weight is 504 g/mol. The second-order valence-corrected chi connectivity index (χ2v) is 8.94. The molecular weight excluding hydrogens is 477 g/mol. The number of hydrogen-bond donors (Lipinski definition) is 2. The molecule has 10 heteroatoms. The van der Waals surface area contributed by atoms with E-state index in [1.165, 1.54) is 12.1 Å². The lowest BCUT2D eigenvalue weighted by Crippen LogP contribution is -2.47. The second kappa shape index (κ2) is 10.5. The fourth-order valence-electron chi connectivity index (χ4n) is 3.98. The van der Waals surface area contributed by atoms with E-state index in [9.17, 15) is 9.18 Å². The van der Waals surface area contributed by atoms with Crippen molar-refractivity contribution in [3.05, 3.63) is 84.1 Å². The summed E-state index contributed by atoms with van der Waals surface area (Å²) >= 11 is 0. The van der Waals surface area contributed by atoms with Crippen molar-refractivity contribution >= 4 is 5.91 Å². The van der Waals surface area contributed by atoms with E-state index < -0.39 is 11.7 Å². The van der Waals surface area contributed by atoms with Crippen LogP contribution in [0.2, 0.25) is 0 Å². The molecular formula is C27H26FN5O4. The lowest BCUT2D eigenvalue weighted by Gasteiger charge is -2.34. The first-order valence-electron chi connectivity index (χ1n) is 11.8. The molecule has 3 heterocycles. The van der Waals surface area contributed by atoms with Gasteiger partial charge < -0.3 is 24.5 Å². The van der Waals surface area contributed by atoms with Gasteiger partial charge in [-0.1, -0.05) is 30.3 Å². The highest BCUT2D eigenvalue weighted by atomic mass is 19.1. The van der Waals surface area contributed by atoms with E-state index in [4.69, 9.17) is 19.2 Å². The van der Waals surface area contributed by atoms with Gasteiger partial charge in [0.25, 0.3) is 0 Å². The molecule has 0 unspecified atom stereocenters. The highest BCUT2D eigenvalue weighted by Crippen LogP contribution is 2.35. The zero-order valence-corrected chi connectivity index (χ0v) is 20.4. The lowest BCUT2D eigenvalue weighted by atomic mass is 9.91. The highest BCUT2D eigenvalue weighted by Gasteiger charge is 2.40. The van der Waals surface area contributed by atoms with Gasteiger partial charge in [-0.15, -0.1) is 0 Å². The number of benzene rings is 2. The number of carbonyl (C=O) groups excluding carboxylic acids is 1. The van der Waals surface area contributed by atoms with Crippen molar-refractivity contribution in [3.63, 3.8) is 0 Å². The molecule has 1 amide bonds. The van der Waals surface area contributed by atoms with Crippen LogP contribution in [0.5, 0.6) is 6.01 Å². The van der Waals surface area contributed by atoms with Crippen LogP contribution in [0.25, 0.3) is 22.6 Å². The van der Waals surface area contributed by atoms with Gasteiger partial charge in [0.2, 0.25) is 12.2 Å². The number of nitrogens with one attached hydrogen (secondary N) is 2. The monoisotopic (exact) mass is 503 g/mol. The molecule has 1 fully saturated rings. The average Bonchev–Trinajstić information content (AvgIpc) is 3.38. The first-order chi connectivity index (χ1) is 17.9. The molecule has 0 spiro atoms. The Kier molecular flexibility index (Phi) is 6.93. The van der Waals surface area contributed by atoms with E-state index in [0.29, 0.717) is 35.1 Å². The predicted octanol–water partition coefficient (Wildman–Crippen LogP) is 4.05. The van der Waals surface area contributed by atoms with E-state index in [0.717, 1.165) is 5.56 Å². The fraction of sp³-hybridized carbons (Fsp3) is 0.259. The molecule has 0 atom stereocenters. The van der Waals surface area contributed by atoms with Crippen molar-refractivity contribution in [2.45, 2.75) is 19.8 Å². The Balaban J connectivity index is 1.44. The molecule has 0 saturated carbocycles. The van der Waals surface area contributed by atoms with Gasteiger partial charge in [-0.25, -0.2) is 14.4 Å². The first-order valence-corrected chi connectivity index (χ1v) is 11.8. The fourth-order valence-corrected chi connectivity index (χ4v) is 3.98. The molecule has 4 aromatic rings. The van der Waals surface area contributed by atoms with Crippen LogP contribution in [-0.4, -0.2) is 46.1 Å². The maximum atomic E-state index is 13.6. The zero-order chi connectivity index (χ0) is 25.8. The van der Waals surface area contributed by atoms with Crippen molar-refractivity contribution in [3.8, 4) is 28.7 Å². The van der Waals surface area contributed by atoms with E-state index >= 15 is 0 Å². The third-order valence-corrected chi connectivity index (χ3v) is 6.05. The molecule has 0 aliphatic carbocycles. The predicted molar refractivity (Wildman–Crippen MR) is 133 cm³/mol. The SMILES string of the molecule is CNC(=O)C1(C)COC(c2nc(-c3ccc(F)cc3)c(-c3ccnc(OCc4ccccc4)n3)[nH]2)OC1. The maximum absolute atomic E-state index is 13.6. The van der Waals surface area contributed by atoms with Crippen molar-refractivity contribution in [2.75, 3.05) is 20.3 Å². The summed E-state index contributed by atoms with van der Waals surface area (Å²) < 4.78 is 31.2. The van der Waals surface area contributed by atoms with Gasteiger partial charge in [-0.2, -0.15) is 4.98 Å². The minimum atomic E-state index is -0.818. The molecule has 0 radical (unpaired) electrons. The number of H-pyrrole nitrogens is 1. The summed E-state index contributed by atoms with van der Waals surface area (Å²) in [5.41, 5.74) is 2.49. The van der Waals surface area contributed by atoms with Crippen molar-refractivity contribution in [2.24, 2.45) is 5.41 Å². The van der Waals surface area contributed by atoms with Crippen molar-refractivity contribution < 1.29 is 23.4 Å². The largest absolute Gasteiger partial charge is 0.459 e. The Morgan fingerprint density at radius 3 is 2.54 bits per heavy atom. The van der Waals surface area contributed by atoms with Crippen molar-refractivity contribution in [1.82, 2.24) is 25.3 Å². The molecule has 190 valence electrons. The molecule has 1 saturated heterocycles. The summed E-state index contributed by atoms with van der Waals surface area (Å²) in [7, 11) is 1.58. The van der Waals surface area contributed by atoms with Gasteiger partial charge in [-0.3, -0.25) is 4.79 Å². The Bertz CT molecular complexity index is 1370. The quantitative estimate of drug-likeness (QED) is 0.391. The molecule has 2 N–H and O–H groups in total. The van der Waals surface area contributed by atoms with E-state index in [-0.39, 0.29) is 30.9 Å². The Labute approximate surface area is 213 Å². The molecule has 1 aliphatic heterocycles. The smallest absolute Gasteiger partial charge is 0.317 e. The minimum absolute atomic E-state index is 0.157. The van der Waals surface area contributed by atoms with Crippen LogP contribution in [0.4, 0.5) is 4.39 Å². The topological polar surface area (TPSA) is 111 Å². The lowest BCUT2D eigenvalue weighted by molar-refractivity contribution is -0.230. The summed E-state index contributed by atoms with van der Waals surface area (Å²) in [6.45, 7) is 2.41. The number of ether oxygens (including phenoxy) is 3. The molecule has 0 bridgehead atoms. The number of rotatable bonds is 7. The number of carbonyl (C=O) groups is 1. The summed E-state index contributed by atoms with van der Waals surface area (Å²) in [5.74, 6) is -0.118. The summed E-state index contributed by atoms with van der Waals surface area (Å²) in [5, 5.41) is 2.64. The Morgan fingerprint density at radius 1 is 1.11 bits per heavy atom. The van der Waals surface area contributed by atoms with Crippen LogP contribution in [0.15, 0.2) is 66.9 Å². The normalized spacial score (nSPS) is 19.4. The number of amides is 1. The summed E-state index contributed by atoms with van der Waals surface area (Å²) in [6.07, 6.45) is 0.779. The van der Waals surface area contributed by atoms with Crippen LogP contribution >= 0.6 is 0 Å². The van der Waals surface area contributed by atoms with Crippen LogP contribution < -0.4 is 10.1 Å². The van der Waals surface area contributed by atoms with Crippen LogP contribution in [0, 0.1) is 11.2 Å². The van der Waals surface area contributed by atoms with Gasteiger partial charge in [-0.05, 0) is 42.8 Å². The first kappa shape index (κ1) is 24.5. The van der Waals surface area contributed by atoms with Gasteiger partial charge >= 0.3 is 6.01 Å². The molecule has 1 aliphatic rings. The Hall–Kier alpha value is -4.15. The second-order valence-electron chi connectivity index (χ2n) is 8.94. The third-order valence-electron chi connectivity index (χ3n) is 6.05. The van der Waals surface area contributed by atoms with Gasteiger partial charge in [0, 0.05) is 18.8 Å². The van der Waals surface area contributed by atoms with E-state index in [2.05, 4.69) is 20.3 Å². The number of aromatic nitrogens is 4. The maximum Gasteiger partial charge on any atom is 0.317 e. The molecule has 2 aromatic carbocycles. The number of nitrogens with zero attached hydrogens (tertiary/aromatic N) is 3. The van der Waals surface area contributed by atoms with Gasteiger partial charge in [0.05, 0.1) is 35.7 Å². The van der Waals surface area contributed by atoms with E-state index in [1.54, 1.807) is 38.4 Å². The van der Waals surface area contributed by atoms with Gasteiger partial charge in [0.1, 0.15) is 12.4 Å². The number of aromatic amines is 1. The molecule has 37 heavy (non-hydrogen) atoms. The van der Waals surface area contributed by atoms with Crippen LogP contribution in [0.3, 0.4) is 0 Å². The van der Waals surface area contributed by atoms with Crippen LogP contribution in [-0.2, 0) is 20.9 Å².